The summed E-state index contributed by atoms with van der Waals surface area (Å²) in [7, 11) is 5.24. The first kappa shape index (κ1) is 21.0. The van der Waals surface area contributed by atoms with E-state index >= 15 is 0 Å². The normalized spacial score (nSPS) is 22.1. The van der Waals surface area contributed by atoms with Crippen LogP contribution in [0.25, 0.3) is 0 Å². The molecule has 0 aromatic heterocycles. The molecule has 2 heterocycles. The summed E-state index contributed by atoms with van der Waals surface area (Å²) in [5.41, 5.74) is 2.28. The van der Waals surface area contributed by atoms with Gasteiger partial charge in [-0.1, -0.05) is 0 Å². The number of rotatable bonds is 3. The van der Waals surface area contributed by atoms with E-state index in [0.29, 0.717) is 31.8 Å². The number of hydrogen-bond donors (Lipinski definition) is 2. The van der Waals surface area contributed by atoms with Gasteiger partial charge in [0.1, 0.15) is 0 Å². The molecule has 0 bridgehead atoms. The van der Waals surface area contributed by atoms with Crippen LogP contribution in [0, 0.1) is 5.92 Å². The SMILES string of the molecule is COc1cc2c(cc1OC)CN(C(=O)[C@@H]1CN(C)CC[C@H]1O)CC2.O=CO. The number of carbonyl (C=O) groups excluding carboxylic acids is 1. The zero-order chi connectivity index (χ0) is 20.0. The molecule has 1 amide bonds. The molecule has 0 radical (unpaired) electrons. The number of nitrogens with zero attached hydrogens (tertiary/aromatic N) is 2. The Labute approximate surface area is 159 Å². The molecule has 1 fully saturated rings. The van der Waals surface area contributed by atoms with Crippen molar-refractivity contribution in [1.29, 1.82) is 0 Å². The van der Waals surface area contributed by atoms with E-state index in [0.717, 1.165) is 24.3 Å². The summed E-state index contributed by atoms with van der Waals surface area (Å²) in [6.07, 6.45) is 0.906. The number of carbonyl (C=O) groups is 2. The molecule has 2 aliphatic heterocycles. The summed E-state index contributed by atoms with van der Waals surface area (Å²) in [5, 5.41) is 17.1. The Balaban J connectivity index is 0.000000817. The standard InChI is InChI=1S/C18H26N2O4.CH2O2/c1-19-6-5-15(21)14(11-19)18(22)20-7-4-12-8-16(23-2)17(24-3)9-13(12)10-20;2-1-3/h8-9,14-15,21H,4-7,10-11H2,1-3H3;1H,(H,2,3)/t14-,15-;/m1./s1. The first-order valence-corrected chi connectivity index (χ1v) is 8.92. The number of amides is 1. The lowest BCUT2D eigenvalue weighted by Gasteiger charge is -2.38. The van der Waals surface area contributed by atoms with Crippen LogP contribution in [0.3, 0.4) is 0 Å². The van der Waals surface area contributed by atoms with Crippen molar-refractivity contribution >= 4 is 12.4 Å². The van der Waals surface area contributed by atoms with Gasteiger partial charge in [-0.15, -0.1) is 0 Å². The van der Waals surface area contributed by atoms with Gasteiger partial charge in [0.05, 0.1) is 26.2 Å². The van der Waals surface area contributed by atoms with Crippen molar-refractivity contribution in [2.45, 2.75) is 25.5 Å². The first-order chi connectivity index (χ1) is 12.9. The molecule has 8 heteroatoms. The Morgan fingerprint density at radius 2 is 1.78 bits per heavy atom. The minimum absolute atomic E-state index is 0.0504. The number of likely N-dealkylation sites (tertiary alicyclic amines) is 1. The van der Waals surface area contributed by atoms with Gasteiger partial charge in [-0.2, -0.15) is 0 Å². The molecule has 2 N–H and O–H groups in total. The van der Waals surface area contributed by atoms with Crippen molar-refractivity contribution in [3.05, 3.63) is 23.3 Å². The molecule has 1 aromatic rings. The molecule has 0 spiro atoms. The van der Waals surface area contributed by atoms with E-state index in [-0.39, 0.29) is 18.3 Å². The van der Waals surface area contributed by atoms with Gasteiger partial charge in [0, 0.05) is 26.2 Å². The van der Waals surface area contributed by atoms with Crippen molar-refractivity contribution in [3.8, 4) is 11.5 Å². The number of piperidine rings is 1. The van der Waals surface area contributed by atoms with Crippen LogP contribution in [0.15, 0.2) is 12.1 Å². The average Bonchev–Trinajstić information content (AvgIpc) is 2.68. The zero-order valence-corrected chi connectivity index (χ0v) is 16.1. The highest BCUT2D eigenvalue weighted by Crippen LogP contribution is 2.33. The van der Waals surface area contributed by atoms with Crippen LogP contribution in [-0.4, -0.2) is 79.4 Å². The second kappa shape index (κ2) is 9.57. The maximum Gasteiger partial charge on any atom is 0.290 e. The third-order valence-electron chi connectivity index (χ3n) is 5.13. The van der Waals surface area contributed by atoms with Gasteiger partial charge < -0.3 is 29.5 Å². The van der Waals surface area contributed by atoms with E-state index in [4.69, 9.17) is 19.4 Å². The van der Waals surface area contributed by atoms with Crippen LogP contribution in [-0.2, 0) is 22.6 Å². The molecule has 1 saturated heterocycles. The molecule has 0 unspecified atom stereocenters. The van der Waals surface area contributed by atoms with E-state index in [1.165, 1.54) is 5.56 Å². The minimum atomic E-state index is -0.541. The van der Waals surface area contributed by atoms with Crippen molar-refractivity contribution in [3.63, 3.8) is 0 Å². The summed E-state index contributed by atoms with van der Waals surface area (Å²) >= 11 is 0. The molecular weight excluding hydrogens is 352 g/mol. The fourth-order valence-electron chi connectivity index (χ4n) is 3.65. The predicted molar refractivity (Wildman–Crippen MR) is 99.0 cm³/mol. The third kappa shape index (κ3) is 4.90. The predicted octanol–water partition coefficient (Wildman–Crippen LogP) is 0.602. The van der Waals surface area contributed by atoms with Crippen LogP contribution in [0.1, 0.15) is 17.5 Å². The number of aliphatic hydroxyl groups is 1. The molecule has 1 aromatic carbocycles. The second-order valence-corrected chi connectivity index (χ2v) is 6.82. The van der Waals surface area contributed by atoms with Crippen molar-refractivity contribution in [2.24, 2.45) is 5.92 Å². The van der Waals surface area contributed by atoms with Gasteiger partial charge >= 0.3 is 0 Å². The van der Waals surface area contributed by atoms with Gasteiger partial charge in [0.15, 0.2) is 11.5 Å². The van der Waals surface area contributed by atoms with Gasteiger partial charge in [-0.25, -0.2) is 0 Å². The van der Waals surface area contributed by atoms with Gasteiger partial charge in [0.25, 0.3) is 6.47 Å². The van der Waals surface area contributed by atoms with Gasteiger partial charge in [0.2, 0.25) is 5.91 Å². The van der Waals surface area contributed by atoms with E-state index in [1.54, 1.807) is 14.2 Å². The summed E-state index contributed by atoms with van der Waals surface area (Å²) in [4.78, 5) is 25.2. The molecular formula is C19H28N2O6. The van der Waals surface area contributed by atoms with Crippen LogP contribution < -0.4 is 9.47 Å². The Kier molecular flexibility index (Phi) is 7.44. The number of fused-ring (bicyclic) bond motifs is 1. The Morgan fingerprint density at radius 1 is 1.19 bits per heavy atom. The number of methoxy groups -OCH3 is 2. The van der Waals surface area contributed by atoms with Gasteiger partial charge in [-0.05, 0) is 43.1 Å². The summed E-state index contributed by atoms with van der Waals surface area (Å²) in [6, 6.07) is 3.95. The maximum absolute atomic E-state index is 12.9. The van der Waals surface area contributed by atoms with E-state index in [1.807, 2.05) is 24.1 Å². The van der Waals surface area contributed by atoms with E-state index in [9.17, 15) is 9.90 Å². The molecule has 0 saturated carbocycles. The van der Waals surface area contributed by atoms with Crippen molar-refractivity contribution in [2.75, 3.05) is 40.9 Å². The molecule has 2 atom stereocenters. The molecule has 3 rings (SSSR count). The summed E-state index contributed by atoms with van der Waals surface area (Å²) < 4.78 is 10.7. The molecule has 150 valence electrons. The first-order valence-electron chi connectivity index (χ1n) is 8.92. The van der Waals surface area contributed by atoms with Crippen LogP contribution >= 0.6 is 0 Å². The quantitative estimate of drug-likeness (QED) is 0.741. The largest absolute Gasteiger partial charge is 0.493 e. The molecule has 8 nitrogen and oxygen atoms in total. The lowest BCUT2D eigenvalue weighted by molar-refractivity contribution is -0.143. The number of ether oxygens (including phenoxy) is 2. The van der Waals surface area contributed by atoms with E-state index in [2.05, 4.69) is 4.90 Å². The van der Waals surface area contributed by atoms with Crippen LogP contribution in [0.5, 0.6) is 11.5 Å². The topological polar surface area (TPSA) is 99.5 Å². The number of benzene rings is 1. The Morgan fingerprint density at radius 3 is 2.37 bits per heavy atom. The zero-order valence-electron chi connectivity index (χ0n) is 16.1. The minimum Gasteiger partial charge on any atom is -0.493 e. The summed E-state index contributed by atoms with van der Waals surface area (Å²) in [5.74, 6) is 1.13. The molecule has 2 aliphatic rings. The lowest BCUT2D eigenvalue weighted by Crippen LogP contribution is -2.50. The fourth-order valence-corrected chi connectivity index (χ4v) is 3.65. The molecule has 0 aliphatic carbocycles. The average molecular weight is 380 g/mol. The Hall–Kier alpha value is -2.32. The summed E-state index contributed by atoms with van der Waals surface area (Å²) in [6.45, 7) is 2.44. The highest BCUT2D eigenvalue weighted by Gasteiger charge is 2.35. The van der Waals surface area contributed by atoms with Crippen LogP contribution in [0.2, 0.25) is 0 Å². The monoisotopic (exact) mass is 380 g/mol. The highest BCUT2D eigenvalue weighted by molar-refractivity contribution is 5.80. The van der Waals surface area contributed by atoms with Crippen LogP contribution in [0.4, 0.5) is 0 Å². The van der Waals surface area contributed by atoms with E-state index < -0.39 is 6.10 Å². The number of aliphatic hydroxyl groups excluding tert-OH is 1. The smallest absolute Gasteiger partial charge is 0.290 e. The maximum atomic E-state index is 12.9. The lowest BCUT2D eigenvalue weighted by atomic mass is 9.91. The second-order valence-electron chi connectivity index (χ2n) is 6.82. The Bertz CT molecular complexity index is 666. The number of carboxylic acid groups (broad SMARTS) is 1. The number of hydrogen-bond acceptors (Lipinski definition) is 6. The third-order valence-corrected chi connectivity index (χ3v) is 5.13. The van der Waals surface area contributed by atoms with Gasteiger partial charge in [-0.3, -0.25) is 9.59 Å². The highest BCUT2D eigenvalue weighted by atomic mass is 16.5. The van der Waals surface area contributed by atoms with Crippen molar-refractivity contribution < 1.29 is 29.3 Å². The molecule has 27 heavy (non-hydrogen) atoms. The fraction of sp³-hybridized carbons (Fsp3) is 0.579. The van der Waals surface area contributed by atoms with Crippen molar-refractivity contribution in [1.82, 2.24) is 9.80 Å².